The predicted octanol–water partition coefficient (Wildman–Crippen LogP) is 8.64. The molecule has 0 aliphatic heterocycles. The second kappa shape index (κ2) is 12.0. The average Bonchev–Trinajstić information content (AvgIpc) is 2.94. The minimum absolute atomic E-state index is 0.0179. The number of benzene rings is 4. The summed E-state index contributed by atoms with van der Waals surface area (Å²) in [6.07, 6.45) is -11.4. The molecule has 4 rings (SSSR count). The van der Waals surface area contributed by atoms with Crippen LogP contribution in [0.15, 0.2) is 91.0 Å². The third-order valence-corrected chi connectivity index (χ3v) is 7.27. The number of hydrogen-bond donors (Lipinski definition) is 0. The smallest absolute Gasteiger partial charge is 0.411 e. The zero-order valence-electron chi connectivity index (χ0n) is 24.8. The van der Waals surface area contributed by atoms with E-state index in [-0.39, 0.29) is 23.0 Å². The molecule has 10 heteroatoms. The lowest BCUT2D eigenvalue weighted by atomic mass is 9.73. The van der Waals surface area contributed by atoms with Crippen molar-refractivity contribution < 1.29 is 45.1 Å². The molecule has 0 unspecified atom stereocenters. The van der Waals surface area contributed by atoms with E-state index in [1.165, 1.54) is 19.2 Å². The molecule has 0 amide bonds. The fourth-order valence-corrected chi connectivity index (χ4v) is 5.07. The lowest BCUT2D eigenvalue weighted by Crippen LogP contribution is -2.54. The fourth-order valence-electron chi connectivity index (χ4n) is 5.07. The van der Waals surface area contributed by atoms with Gasteiger partial charge in [-0.2, -0.15) is 26.3 Å². The summed E-state index contributed by atoms with van der Waals surface area (Å²) in [5, 5.41) is 0. The molecule has 0 heterocycles. The van der Waals surface area contributed by atoms with Gasteiger partial charge in [-0.1, -0.05) is 36.4 Å². The molecule has 0 spiro atoms. The molecule has 0 atom stereocenters. The first-order valence-corrected chi connectivity index (χ1v) is 13.6. The summed E-state index contributed by atoms with van der Waals surface area (Å²) in [6, 6.07) is 18.9. The predicted molar refractivity (Wildman–Crippen MR) is 155 cm³/mol. The van der Waals surface area contributed by atoms with E-state index in [0.717, 1.165) is 66.2 Å². The van der Waals surface area contributed by atoms with Gasteiger partial charge in [0, 0.05) is 16.7 Å². The number of methoxy groups -OCH3 is 1. The van der Waals surface area contributed by atoms with Crippen molar-refractivity contribution in [1.82, 2.24) is 0 Å². The molecule has 0 aliphatic carbocycles. The largest absolute Gasteiger partial charge is 0.497 e. The monoisotopic (exact) mass is 616 g/mol. The van der Waals surface area contributed by atoms with Gasteiger partial charge in [-0.05, 0) is 78.2 Å². The first kappa shape index (κ1) is 32.6. The molecule has 0 N–H and O–H groups in total. The Morgan fingerprint density at radius 3 is 1.52 bits per heavy atom. The van der Waals surface area contributed by atoms with Crippen LogP contribution in [0.25, 0.3) is 0 Å². The van der Waals surface area contributed by atoms with Gasteiger partial charge in [0.05, 0.1) is 28.3 Å². The molecule has 4 aromatic carbocycles. The van der Waals surface area contributed by atoms with Crippen molar-refractivity contribution in [2.75, 3.05) is 28.3 Å². The Hall–Kier alpha value is -4.31. The van der Waals surface area contributed by atoms with E-state index in [4.69, 9.17) is 9.47 Å². The summed E-state index contributed by atoms with van der Waals surface area (Å²) >= 11 is 0. The van der Waals surface area contributed by atoms with Crippen LogP contribution in [-0.2, 0) is 12.0 Å². The fraction of sp³-hybridized carbons (Fsp3) is 0.265. The molecule has 232 valence electrons. The van der Waals surface area contributed by atoms with Gasteiger partial charge in [-0.15, -0.1) is 0 Å². The van der Waals surface area contributed by atoms with E-state index in [9.17, 15) is 31.1 Å². The summed E-state index contributed by atoms with van der Waals surface area (Å²) in [7, 11) is 7.44. The molecule has 4 nitrogen and oxygen atoms in total. The number of carbonyl (C=O) groups is 1. The maximum Gasteiger partial charge on any atom is 0.411 e. The molecular formula is C34H32F6NO3+. The van der Waals surface area contributed by atoms with Crippen LogP contribution in [0.5, 0.6) is 17.2 Å². The molecule has 0 saturated heterocycles. The van der Waals surface area contributed by atoms with E-state index in [1.807, 2.05) is 19.1 Å². The number of rotatable bonds is 9. The number of carbonyl (C=O) groups excluding carboxylic acids is 1. The van der Waals surface area contributed by atoms with Crippen LogP contribution in [0, 0.1) is 6.92 Å². The lowest BCUT2D eigenvalue weighted by Gasteiger charge is -2.38. The Bertz CT molecular complexity index is 1590. The van der Waals surface area contributed by atoms with Gasteiger partial charge in [0.25, 0.3) is 0 Å². The SMILES string of the molecule is COc1ccc(C(c2ccc(Oc3ccc(C(=O)c4ccc(C)c(C[N+](C)(C)C)c4)cc3)cc2)(C(F)(F)F)C(F)(F)F)cc1. The number of ketones is 1. The minimum atomic E-state index is -5.71. The Morgan fingerprint density at radius 1 is 0.659 bits per heavy atom. The van der Waals surface area contributed by atoms with Crippen molar-refractivity contribution in [3.8, 4) is 17.2 Å². The summed E-state index contributed by atoms with van der Waals surface area (Å²) in [5.41, 5.74) is -3.24. The summed E-state index contributed by atoms with van der Waals surface area (Å²) in [6.45, 7) is 2.73. The van der Waals surface area contributed by atoms with Crippen LogP contribution in [0.3, 0.4) is 0 Å². The van der Waals surface area contributed by atoms with Gasteiger partial charge in [0.1, 0.15) is 23.8 Å². The highest BCUT2D eigenvalue weighted by molar-refractivity contribution is 6.09. The van der Waals surface area contributed by atoms with Gasteiger partial charge >= 0.3 is 12.4 Å². The van der Waals surface area contributed by atoms with E-state index in [0.29, 0.717) is 15.6 Å². The van der Waals surface area contributed by atoms with Crippen molar-refractivity contribution in [2.45, 2.75) is 31.2 Å². The van der Waals surface area contributed by atoms with E-state index < -0.39 is 28.9 Å². The first-order chi connectivity index (χ1) is 20.5. The van der Waals surface area contributed by atoms with Crippen LogP contribution in [-0.4, -0.2) is 50.9 Å². The van der Waals surface area contributed by atoms with Gasteiger partial charge in [-0.3, -0.25) is 4.79 Å². The highest BCUT2D eigenvalue weighted by atomic mass is 19.4. The normalized spacial score (nSPS) is 12.6. The summed E-state index contributed by atoms with van der Waals surface area (Å²) in [4.78, 5) is 13.2. The number of aryl methyl sites for hydroxylation is 1. The van der Waals surface area contributed by atoms with E-state index in [2.05, 4.69) is 21.1 Å². The highest BCUT2D eigenvalue weighted by Gasteiger charge is 2.72. The van der Waals surface area contributed by atoms with Crippen molar-refractivity contribution in [2.24, 2.45) is 0 Å². The molecule has 0 aromatic heterocycles. The van der Waals surface area contributed by atoms with Crippen LogP contribution in [0.1, 0.15) is 38.2 Å². The zero-order valence-corrected chi connectivity index (χ0v) is 24.8. The first-order valence-electron chi connectivity index (χ1n) is 13.6. The number of halogens is 6. The Kier molecular flexibility index (Phi) is 8.89. The molecular weight excluding hydrogens is 584 g/mol. The third kappa shape index (κ3) is 6.60. The van der Waals surface area contributed by atoms with Crippen molar-refractivity contribution in [1.29, 1.82) is 0 Å². The number of hydrogen-bond acceptors (Lipinski definition) is 3. The maximum absolute atomic E-state index is 14.4. The molecule has 0 radical (unpaired) electrons. The Balaban J connectivity index is 1.59. The van der Waals surface area contributed by atoms with E-state index in [1.54, 1.807) is 18.2 Å². The van der Waals surface area contributed by atoms with Gasteiger partial charge in [0.15, 0.2) is 5.78 Å². The van der Waals surface area contributed by atoms with E-state index >= 15 is 0 Å². The minimum Gasteiger partial charge on any atom is -0.497 e. The Labute approximate surface area is 252 Å². The lowest BCUT2D eigenvalue weighted by molar-refractivity contribution is -0.884. The van der Waals surface area contributed by atoms with Crippen LogP contribution in [0.2, 0.25) is 0 Å². The molecule has 44 heavy (non-hydrogen) atoms. The number of alkyl halides is 6. The standard InChI is InChI=1S/C34H32F6NO3/c1-22-6-7-24(20-25(22)21-41(2,3)4)31(42)23-8-14-29(15-9-23)44-30-18-12-27(13-19-30)32(33(35,36)37,34(38,39)40)26-10-16-28(43-5)17-11-26/h6-20H,21H2,1-5H3/q+1. The van der Waals surface area contributed by atoms with Crippen molar-refractivity contribution in [3.63, 3.8) is 0 Å². The topological polar surface area (TPSA) is 35.5 Å². The maximum atomic E-state index is 14.4. The number of ether oxygens (including phenoxy) is 2. The molecule has 0 fully saturated rings. The number of nitrogens with zero attached hydrogens (tertiary/aromatic N) is 1. The van der Waals surface area contributed by atoms with Crippen LogP contribution in [0.4, 0.5) is 26.3 Å². The van der Waals surface area contributed by atoms with Crippen LogP contribution >= 0.6 is 0 Å². The third-order valence-electron chi connectivity index (χ3n) is 7.27. The molecule has 0 bridgehead atoms. The second-order valence-corrected chi connectivity index (χ2v) is 11.5. The number of quaternary nitrogens is 1. The molecule has 0 aliphatic rings. The van der Waals surface area contributed by atoms with Crippen molar-refractivity contribution >= 4 is 5.78 Å². The summed E-state index contributed by atoms with van der Waals surface area (Å²) < 4.78 is 97.7. The molecule has 0 saturated carbocycles. The average molecular weight is 617 g/mol. The Morgan fingerprint density at radius 2 is 1.09 bits per heavy atom. The van der Waals surface area contributed by atoms with Crippen molar-refractivity contribution in [3.05, 3.63) is 124 Å². The zero-order chi connectivity index (χ0) is 32.5. The highest BCUT2D eigenvalue weighted by Crippen LogP contribution is 2.56. The van der Waals surface area contributed by atoms with Crippen LogP contribution < -0.4 is 9.47 Å². The second-order valence-electron chi connectivity index (χ2n) is 11.5. The van der Waals surface area contributed by atoms with Gasteiger partial charge < -0.3 is 14.0 Å². The van der Waals surface area contributed by atoms with Gasteiger partial charge in [0.2, 0.25) is 5.41 Å². The summed E-state index contributed by atoms with van der Waals surface area (Å²) in [5.74, 6) is 0.186. The quantitative estimate of drug-likeness (QED) is 0.107. The molecule has 4 aromatic rings. The van der Waals surface area contributed by atoms with Gasteiger partial charge in [-0.25, -0.2) is 0 Å².